The van der Waals surface area contributed by atoms with Gasteiger partial charge in [-0.15, -0.1) is 0 Å². The van der Waals surface area contributed by atoms with Gasteiger partial charge in [0.2, 0.25) is 0 Å². The molecule has 0 bridgehead atoms. The Morgan fingerprint density at radius 3 is 1.10 bits per heavy atom. The second-order valence-electron chi connectivity index (χ2n) is 25.0. The van der Waals surface area contributed by atoms with Gasteiger partial charge in [-0.1, -0.05) is 184 Å². The van der Waals surface area contributed by atoms with Gasteiger partial charge < -0.3 is 18.6 Å². The molecule has 0 spiro atoms. The Morgan fingerprint density at radius 2 is 0.655 bits per heavy atom. The highest BCUT2D eigenvalue weighted by Crippen LogP contribution is 2.55. The molecule has 0 radical (unpaired) electrons. The fourth-order valence-electron chi connectivity index (χ4n) is 17.3. The lowest BCUT2D eigenvalue weighted by molar-refractivity contribution is 0.442. The highest BCUT2D eigenvalue weighted by atomic mass is 15.2. The molecule has 4 aliphatic carbocycles. The van der Waals surface area contributed by atoms with Crippen molar-refractivity contribution in [3.63, 3.8) is 0 Å². The smallest absolute Gasteiger partial charge is 0.0621 e. The minimum Gasteiger partial charge on any atom is -0.309 e. The molecule has 0 atom stereocenters. The molecule has 2 saturated carbocycles. The zero-order valence-electron chi connectivity index (χ0n) is 47.2. The molecule has 0 unspecified atom stereocenters. The van der Waals surface area contributed by atoms with Crippen LogP contribution in [-0.4, -0.2) is 8.80 Å². The van der Waals surface area contributed by atoms with Crippen LogP contribution in [0, 0.1) is 0 Å². The van der Waals surface area contributed by atoms with Crippen LogP contribution in [0.25, 0.3) is 98.4 Å². The lowest BCUT2D eigenvalue weighted by Gasteiger charge is -2.28. The molecule has 0 amide bonds. The maximum absolute atomic E-state index is 2.60. The van der Waals surface area contributed by atoms with Gasteiger partial charge in [0.25, 0.3) is 0 Å². The molecule has 2 fully saturated rings. The lowest BCUT2D eigenvalue weighted by atomic mass is 9.81. The number of hydrogen-bond acceptors (Lipinski definition) is 2. The number of para-hydroxylation sites is 4. The van der Waals surface area contributed by atoms with E-state index in [0.717, 1.165) is 12.8 Å². The van der Waals surface area contributed by atoms with Crippen molar-refractivity contribution in [2.75, 3.05) is 9.80 Å². The summed E-state index contributed by atoms with van der Waals surface area (Å²) in [5.74, 6) is 1.31. The van der Waals surface area contributed by atoms with Gasteiger partial charge in [0.15, 0.2) is 0 Å². The van der Waals surface area contributed by atoms with Gasteiger partial charge in [0.05, 0.1) is 55.8 Å². The second-order valence-corrected chi connectivity index (χ2v) is 25.0. The van der Waals surface area contributed by atoms with Gasteiger partial charge in [-0.05, 0) is 166 Å². The highest BCUT2D eigenvalue weighted by Gasteiger charge is 2.34. The van der Waals surface area contributed by atoms with Crippen molar-refractivity contribution < 1.29 is 0 Å². The number of anilines is 6. The molecule has 0 aliphatic heterocycles. The predicted molar refractivity (Wildman–Crippen MR) is 353 cm³/mol. The minimum absolute atomic E-state index is 0.654. The van der Waals surface area contributed by atoms with Crippen molar-refractivity contribution in [3.8, 4) is 22.3 Å². The molecule has 4 nitrogen and oxygen atoms in total. The first kappa shape index (κ1) is 47.1. The summed E-state index contributed by atoms with van der Waals surface area (Å²) < 4.78 is 5.20. The van der Waals surface area contributed by atoms with E-state index in [0.29, 0.717) is 11.8 Å². The summed E-state index contributed by atoms with van der Waals surface area (Å²) in [6.07, 6.45) is 15.2. The lowest BCUT2D eigenvalue weighted by Crippen LogP contribution is -2.12. The summed E-state index contributed by atoms with van der Waals surface area (Å²) >= 11 is 0. The third-order valence-corrected chi connectivity index (χ3v) is 20.9. The number of aromatic nitrogens is 2. The highest BCUT2D eigenvalue weighted by molar-refractivity contribution is 6.31. The fourth-order valence-corrected chi connectivity index (χ4v) is 17.3. The maximum atomic E-state index is 2.60. The van der Waals surface area contributed by atoms with Crippen LogP contribution in [0.2, 0.25) is 0 Å². The molecular formula is C80H62N4. The van der Waals surface area contributed by atoms with Crippen molar-refractivity contribution in [1.29, 1.82) is 0 Å². The van der Waals surface area contributed by atoms with Gasteiger partial charge in [0, 0.05) is 67.3 Å². The number of rotatable bonds is 8. The summed E-state index contributed by atoms with van der Waals surface area (Å²) in [7, 11) is 0. The first-order chi connectivity index (χ1) is 41.7. The number of hydrogen-bond donors (Lipinski definition) is 0. The Kier molecular flexibility index (Phi) is 10.1. The monoisotopic (exact) mass is 1080 g/mol. The standard InChI is InChI=1S/C80H62N4/c1-5-21-49(22-6-1)53-29-13-31-55-57-33-17-39-69(65(57)45-63(53)55)81(51-25-9-3-10-26-51)71-41-19-43-73-77(71)61-37-15-35-59-67-48-76-68(47-75(67)83(73)79(59)61)60-36-16-38-62-78-72(42-20-44-74(78)84(76)80(60)62)82(52-27-11-4-12-28-52)70-40-18-34-58-56-32-14-30-54(64(56)46-66(58)70)50-23-7-2-8-24-50/h3-4,9-20,25-44,47-50H,1-2,5-8,21-24,45-46H2. The van der Waals surface area contributed by atoms with Crippen LogP contribution in [-0.2, 0) is 12.8 Å². The molecule has 11 aromatic carbocycles. The average molecular weight is 1080 g/mol. The normalized spacial score (nSPS) is 15.4. The maximum Gasteiger partial charge on any atom is 0.0621 e. The summed E-state index contributed by atoms with van der Waals surface area (Å²) in [5.41, 5.74) is 29.6. The Hall–Kier alpha value is -9.38. The van der Waals surface area contributed by atoms with Crippen molar-refractivity contribution >= 4 is 110 Å². The summed E-state index contributed by atoms with van der Waals surface area (Å²) in [5, 5.41) is 10.3. The topological polar surface area (TPSA) is 15.3 Å². The Bertz CT molecular complexity index is 4840. The Balaban J connectivity index is 0.792. The molecule has 4 aliphatic rings. The minimum atomic E-state index is 0.654. The van der Waals surface area contributed by atoms with E-state index >= 15 is 0 Å². The second kappa shape index (κ2) is 18.1. The molecule has 4 heteroatoms. The quantitative estimate of drug-likeness (QED) is 0.151. The van der Waals surface area contributed by atoms with E-state index < -0.39 is 0 Å². The third kappa shape index (κ3) is 6.54. The molecule has 19 rings (SSSR count). The SMILES string of the molecule is c1ccc(N(c2cccc3c2Cc2c-3cccc2C2CCCCC2)c2cccc3c2c2cccc4c5cc6c(cc5n3c42)c2cccc3c4c(N(c5ccccc5)c5cccc7c5Cc5c-7cccc5C5CCCCC5)cccc4n6c23)cc1. The van der Waals surface area contributed by atoms with Gasteiger partial charge in [-0.25, -0.2) is 0 Å². The molecule has 0 saturated heterocycles. The number of fused-ring (bicyclic) bond motifs is 18. The molecule has 4 aromatic heterocycles. The zero-order chi connectivity index (χ0) is 54.7. The van der Waals surface area contributed by atoms with Gasteiger partial charge in [0.1, 0.15) is 0 Å². The summed E-state index contributed by atoms with van der Waals surface area (Å²) in [4.78, 5) is 5.17. The zero-order valence-corrected chi connectivity index (χ0v) is 47.2. The fraction of sp³-hybridized carbons (Fsp3) is 0.175. The van der Waals surface area contributed by atoms with Gasteiger partial charge >= 0.3 is 0 Å². The molecule has 15 aromatic rings. The Labute approximate surface area is 489 Å². The van der Waals surface area contributed by atoms with E-state index in [1.807, 2.05) is 0 Å². The van der Waals surface area contributed by atoms with Crippen LogP contribution in [0.3, 0.4) is 0 Å². The summed E-state index contributed by atoms with van der Waals surface area (Å²) in [6, 6.07) is 83.9. The van der Waals surface area contributed by atoms with E-state index in [1.165, 1.54) is 208 Å². The predicted octanol–water partition coefficient (Wildman–Crippen LogP) is 22.2. The largest absolute Gasteiger partial charge is 0.309 e. The number of benzene rings is 11. The molecule has 4 heterocycles. The summed E-state index contributed by atoms with van der Waals surface area (Å²) in [6.45, 7) is 0. The van der Waals surface area contributed by atoms with E-state index in [9.17, 15) is 0 Å². The number of nitrogens with zero attached hydrogens (tertiary/aromatic N) is 4. The van der Waals surface area contributed by atoms with Crippen LogP contribution < -0.4 is 9.80 Å². The van der Waals surface area contributed by atoms with E-state index in [-0.39, 0.29) is 0 Å². The van der Waals surface area contributed by atoms with Crippen LogP contribution >= 0.6 is 0 Å². The van der Waals surface area contributed by atoms with E-state index in [2.05, 4.69) is 237 Å². The van der Waals surface area contributed by atoms with Crippen molar-refractivity contribution in [3.05, 3.63) is 252 Å². The van der Waals surface area contributed by atoms with Gasteiger partial charge in [-0.2, -0.15) is 0 Å². The Morgan fingerprint density at radius 1 is 0.286 bits per heavy atom. The van der Waals surface area contributed by atoms with Crippen molar-refractivity contribution in [2.45, 2.75) is 88.9 Å². The molecule has 84 heavy (non-hydrogen) atoms. The van der Waals surface area contributed by atoms with E-state index in [1.54, 1.807) is 22.3 Å². The third-order valence-electron chi connectivity index (χ3n) is 20.9. The average Bonchev–Trinajstić information content (AvgIpc) is 1.70. The van der Waals surface area contributed by atoms with Crippen LogP contribution in [0.1, 0.15) is 109 Å². The van der Waals surface area contributed by atoms with Gasteiger partial charge in [-0.3, -0.25) is 0 Å². The first-order valence-corrected chi connectivity index (χ1v) is 31.2. The first-order valence-electron chi connectivity index (χ1n) is 31.2. The van der Waals surface area contributed by atoms with Crippen LogP contribution in [0.4, 0.5) is 34.1 Å². The molecule has 0 N–H and O–H groups in total. The molecule has 402 valence electrons. The van der Waals surface area contributed by atoms with Crippen molar-refractivity contribution in [1.82, 2.24) is 8.80 Å². The van der Waals surface area contributed by atoms with Crippen LogP contribution in [0.15, 0.2) is 218 Å². The molecular weight excluding hydrogens is 1020 g/mol. The van der Waals surface area contributed by atoms with E-state index in [4.69, 9.17) is 0 Å². The van der Waals surface area contributed by atoms with Crippen molar-refractivity contribution in [2.24, 2.45) is 0 Å². The van der Waals surface area contributed by atoms with Crippen LogP contribution in [0.5, 0.6) is 0 Å².